The van der Waals surface area contributed by atoms with Crippen molar-refractivity contribution in [3.63, 3.8) is 0 Å². The number of carbonyl (C=O) groups is 1. The second kappa shape index (κ2) is 5.33. The second-order valence-corrected chi connectivity index (χ2v) is 5.08. The summed E-state index contributed by atoms with van der Waals surface area (Å²) >= 11 is 0. The maximum atomic E-state index is 12.2. The average molecular weight is 267 g/mol. The number of aromatic nitrogens is 1. The summed E-state index contributed by atoms with van der Waals surface area (Å²) in [6, 6.07) is 9.44. The molecule has 1 aromatic carbocycles. The molecule has 20 heavy (non-hydrogen) atoms. The number of anilines is 2. The summed E-state index contributed by atoms with van der Waals surface area (Å²) in [5, 5.41) is 2.99. The zero-order valence-corrected chi connectivity index (χ0v) is 11.2. The highest BCUT2D eigenvalue weighted by Gasteiger charge is 2.15. The van der Waals surface area contributed by atoms with Crippen molar-refractivity contribution < 1.29 is 4.79 Å². The minimum atomic E-state index is -0.142. The van der Waals surface area contributed by atoms with Gasteiger partial charge in [-0.3, -0.25) is 4.79 Å². The maximum Gasteiger partial charge on any atom is 0.257 e. The molecule has 0 spiro atoms. The zero-order chi connectivity index (χ0) is 13.9. The van der Waals surface area contributed by atoms with E-state index in [9.17, 15) is 4.79 Å². The predicted molar refractivity (Wildman–Crippen MR) is 79.7 cm³/mol. The third kappa shape index (κ3) is 2.50. The van der Waals surface area contributed by atoms with Crippen molar-refractivity contribution >= 4 is 17.4 Å². The number of aryl methyl sites for hydroxylation is 1. The molecule has 0 saturated heterocycles. The summed E-state index contributed by atoms with van der Waals surface area (Å²) in [7, 11) is 0. The third-order valence-electron chi connectivity index (χ3n) is 3.69. The van der Waals surface area contributed by atoms with E-state index in [1.807, 2.05) is 12.1 Å². The van der Waals surface area contributed by atoms with Crippen LogP contribution in [0.25, 0.3) is 0 Å². The van der Waals surface area contributed by atoms with Crippen LogP contribution in [0.5, 0.6) is 0 Å². The van der Waals surface area contributed by atoms with Crippen molar-refractivity contribution in [2.45, 2.75) is 25.7 Å². The molecule has 1 aliphatic carbocycles. The summed E-state index contributed by atoms with van der Waals surface area (Å²) in [6.45, 7) is 0. The van der Waals surface area contributed by atoms with Crippen LogP contribution in [-0.4, -0.2) is 10.9 Å². The molecule has 102 valence electrons. The minimum Gasteiger partial charge on any atom is -0.384 e. The Balaban J connectivity index is 1.84. The van der Waals surface area contributed by atoms with E-state index in [0.717, 1.165) is 18.5 Å². The van der Waals surface area contributed by atoms with Crippen LogP contribution in [0.15, 0.2) is 36.5 Å². The van der Waals surface area contributed by atoms with E-state index >= 15 is 0 Å². The summed E-state index contributed by atoms with van der Waals surface area (Å²) in [5.74, 6) is 0.273. The van der Waals surface area contributed by atoms with Gasteiger partial charge in [-0.05, 0) is 55.0 Å². The van der Waals surface area contributed by atoms with Gasteiger partial charge in [-0.15, -0.1) is 0 Å². The summed E-state index contributed by atoms with van der Waals surface area (Å²) in [5.41, 5.74) is 9.59. The number of nitrogens with zero attached hydrogens (tertiary/aromatic N) is 1. The maximum absolute atomic E-state index is 12.2. The van der Waals surface area contributed by atoms with Crippen molar-refractivity contribution in [1.82, 2.24) is 4.98 Å². The van der Waals surface area contributed by atoms with Gasteiger partial charge in [-0.1, -0.05) is 12.1 Å². The molecule has 1 aliphatic rings. The molecule has 0 atom stereocenters. The van der Waals surface area contributed by atoms with Crippen LogP contribution in [0.2, 0.25) is 0 Å². The van der Waals surface area contributed by atoms with Crippen LogP contribution in [0.3, 0.4) is 0 Å². The molecule has 0 unspecified atom stereocenters. The first-order valence-electron chi connectivity index (χ1n) is 6.88. The van der Waals surface area contributed by atoms with E-state index in [4.69, 9.17) is 5.73 Å². The highest BCUT2D eigenvalue weighted by atomic mass is 16.1. The van der Waals surface area contributed by atoms with Gasteiger partial charge in [0.05, 0.1) is 5.56 Å². The Morgan fingerprint density at radius 3 is 2.80 bits per heavy atom. The molecule has 0 fully saturated rings. The smallest absolute Gasteiger partial charge is 0.257 e. The number of hydrogen-bond donors (Lipinski definition) is 2. The van der Waals surface area contributed by atoms with Gasteiger partial charge in [-0.2, -0.15) is 0 Å². The van der Waals surface area contributed by atoms with Gasteiger partial charge in [-0.25, -0.2) is 4.98 Å². The minimum absolute atomic E-state index is 0.142. The van der Waals surface area contributed by atoms with Crippen molar-refractivity contribution in [1.29, 1.82) is 0 Å². The molecule has 1 heterocycles. The molecule has 0 aliphatic heterocycles. The van der Waals surface area contributed by atoms with Crippen molar-refractivity contribution in [2.75, 3.05) is 11.1 Å². The molecule has 4 heteroatoms. The first kappa shape index (κ1) is 12.7. The Kier molecular flexibility index (Phi) is 3.37. The van der Waals surface area contributed by atoms with Gasteiger partial charge in [0.1, 0.15) is 5.82 Å². The molecule has 1 amide bonds. The number of carbonyl (C=O) groups excluding carboxylic acids is 1. The van der Waals surface area contributed by atoms with Crippen LogP contribution in [0.1, 0.15) is 34.3 Å². The summed E-state index contributed by atoms with van der Waals surface area (Å²) in [4.78, 5) is 16.2. The number of hydrogen-bond acceptors (Lipinski definition) is 3. The first-order valence-corrected chi connectivity index (χ1v) is 6.88. The van der Waals surface area contributed by atoms with E-state index in [-0.39, 0.29) is 5.91 Å². The van der Waals surface area contributed by atoms with Gasteiger partial charge < -0.3 is 11.1 Å². The molecule has 4 nitrogen and oxygen atoms in total. The van der Waals surface area contributed by atoms with Crippen molar-refractivity contribution in [2.24, 2.45) is 0 Å². The third-order valence-corrected chi connectivity index (χ3v) is 3.69. The van der Waals surface area contributed by atoms with E-state index < -0.39 is 0 Å². The Morgan fingerprint density at radius 1 is 1.15 bits per heavy atom. The predicted octanol–water partition coefficient (Wildman–Crippen LogP) is 2.79. The quantitative estimate of drug-likeness (QED) is 0.879. The zero-order valence-electron chi connectivity index (χ0n) is 11.2. The molecule has 1 aromatic heterocycles. The normalized spacial score (nSPS) is 13.6. The van der Waals surface area contributed by atoms with Gasteiger partial charge in [0.25, 0.3) is 5.91 Å². The van der Waals surface area contributed by atoms with Crippen LogP contribution in [0.4, 0.5) is 11.5 Å². The van der Waals surface area contributed by atoms with Crippen molar-refractivity contribution in [3.05, 3.63) is 53.2 Å². The fourth-order valence-electron chi connectivity index (χ4n) is 2.63. The number of benzene rings is 1. The first-order chi connectivity index (χ1) is 9.74. The number of fused-ring (bicyclic) bond motifs is 1. The lowest BCUT2D eigenvalue weighted by atomic mass is 9.90. The standard InChI is InChI=1S/C16H17N3O/c17-15-9-8-12(10-18-15)16(20)19-14-7-3-5-11-4-1-2-6-13(11)14/h3,5,7-10H,1-2,4,6H2,(H2,17,18)(H,19,20). The van der Waals surface area contributed by atoms with Crippen LogP contribution in [-0.2, 0) is 12.8 Å². The fourth-order valence-corrected chi connectivity index (χ4v) is 2.63. The molecule has 0 radical (unpaired) electrons. The van der Waals surface area contributed by atoms with Crippen LogP contribution >= 0.6 is 0 Å². The van der Waals surface area contributed by atoms with Gasteiger partial charge >= 0.3 is 0 Å². The molecule has 3 N–H and O–H groups in total. The van der Waals surface area contributed by atoms with E-state index in [2.05, 4.69) is 16.4 Å². The number of nitrogen functional groups attached to an aromatic ring is 1. The van der Waals surface area contributed by atoms with E-state index in [0.29, 0.717) is 11.4 Å². The number of nitrogens with one attached hydrogen (secondary N) is 1. The van der Waals surface area contributed by atoms with Crippen LogP contribution in [0, 0.1) is 0 Å². The monoisotopic (exact) mass is 267 g/mol. The second-order valence-electron chi connectivity index (χ2n) is 5.08. The number of rotatable bonds is 2. The number of pyridine rings is 1. The Morgan fingerprint density at radius 2 is 2.00 bits per heavy atom. The molecular formula is C16H17N3O. The Bertz CT molecular complexity index is 635. The SMILES string of the molecule is Nc1ccc(C(=O)Nc2cccc3c2CCCC3)cn1. The van der Waals surface area contributed by atoms with Gasteiger partial charge in [0.2, 0.25) is 0 Å². The fraction of sp³-hybridized carbons (Fsp3) is 0.250. The highest BCUT2D eigenvalue weighted by molar-refractivity contribution is 6.04. The molecule has 0 bridgehead atoms. The number of amides is 1. The van der Waals surface area contributed by atoms with E-state index in [1.165, 1.54) is 30.2 Å². The van der Waals surface area contributed by atoms with Crippen LogP contribution < -0.4 is 11.1 Å². The number of nitrogens with two attached hydrogens (primary N) is 1. The Hall–Kier alpha value is -2.36. The lowest BCUT2D eigenvalue weighted by Gasteiger charge is -2.19. The Labute approximate surface area is 118 Å². The van der Waals surface area contributed by atoms with E-state index in [1.54, 1.807) is 12.1 Å². The summed E-state index contributed by atoms with van der Waals surface area (Å²) < 4.78 is 0. The largest absolute Gasteiger partial charge is 0.384 e. The molecule has 0 saturated carbocycles. The topological polar surface area (TPSA) is 68.0 Å². The highest BCUT2D eigenvalue weighted by Crippen LogP contribution is 2.28. The molecule has 3 rings (SSSR count). The molecule has 2 aromatic rings. The lowest BCUT2D eigenvalue weighted by molar-refractivity contribution is 0.102. The molecular weight excluding hydrogens is 250 g/mol. The average Bonchev–Trinajstić information content (AvgIpc) is 2.48. The summed E-state index contributed by atoms with van der Waals surface area (Å²) in [6.07, 6.45) is 6.05. The van der Waals surface area contributed by atoms with Gasteiger partial charge in [0, 0.05) is 11.9 Å². The lowest BCUT2D eigenvalue weighted by Crippen LogP contribution is -2.15. The van der Waals surface area contributed by atoms with Crippen molar-refractivity contribution in [3.8, 4) is 0 Å². The van der Waals surface area contributed by atoms with Gasteiger partial charge in [0.15, 0.2) is 0 Å².